The van der Waals surface area contributed by atoms with Crippen LogP contribution in [0.5, 0.6) is 0 Å². The van der Waals surface area contributed by atoms with E-state index in [2.05, 4.69) is 39.4 Å². The Morgan fingerprint density at radius 1 is 1.12 bits per heavy atom. The quantitative estimate of drug-likeness (QED) is 0.769. The largest absolute Gasteiger partial charge is 0.476 e. The lowest BCUT2D eigenvalue weighted by atomic mass is 10.1. The van der Waals surface area contributed by atoms with Gasteiger partial charge in [-0.2, -0.15) is 10.2 Å². The van der Waals surface area contributed by atoms with E-state index < -0.39 is 5.97 Å². The smallest absolute Gasteiger partial charge is 0.356 e. The Morgan fingerprint density at radius 2 is 1.96 bits per heavy atom. The number of rotatable bonds is 5. The number of fused-ring (bicyclic) bond motifs is 1. The standard InChI is InChI=1S/C18H19N5O2/c24-18(25)17-10-16-13-21(7-8-23(16)20-17)11-14-3-1-4-15(9-14)12-22-6-2-5-19-22/h1-6,9-10H,7-8,11-13H2,(H,24,25). The minimum absolute atomic E-state index is 0.123. The van der Waals surface area contributed by atoms with Gasteiger partial charge in [0.2, 0.25) is 0 Å². The zero-order valence-electron chi connectivity index (χ0n) is 13.7. The molecule has 1 aliphatic heterocycles. The molecule has 7 nitrogen and oxygen atoms in total. The Hall–Kier alpha value is -2.93. The second kappa shape index (κ2) is 6.52. The van der Waals surface area contributed by atoms with Gasteiger partial charge in [0.15, 0.2) is 5.69 Å². The van der Waals surface area contributed by atoms with Gasteiger partial charge in [0.05, 0.1) is 18.8 Å². The molecule has 7 heteroatoms. The van der Waals surface area contributed by atoms with Crippen LogP contribution in [0.2, 0.25) is 0 Å². The molecule has 0 atom stereocenters. The highest BCUT2D eigenvalue weighted by Gasteiger charge is 2.20. The lowest BCUT2D eigenvalue weighted by Crippen LogP contribution is -2.33. The summed E-state index contributed by atoms with van der Waals surface area (Å²) in [7, 11) is 0. The van der Waals surface area contributed by atoms with Gasteiger partial charge in [-0.05, 0) is 23.3 Å². The SMILES string of the molecule is O=C(O)c1cc2n(n1)CCN(Cc1cccc(Cn3cccn3)c1)C2. The van der Waals surface area contributed by atoms with Crippen LogP contribution in [0.1, 0.15) is 27.3 Å². The molecular weight excluding hydrogens is 318 g/mol. The maximum atomic E-state index is 11.1. The van der Waals surface area contributed by atoms with Gasteiger partial charge in [-0.1, -0.05) is 24.3 Å². The van der Waals surface area contributed by atoms with Crippen molar-refractivity contribution in [3.05, 3.63) is 71.3 Å². The third kappa shape index (κ3) is 3.46. The molecule has 0 fully saturated rings. The van der Waals surface area contributed by atoms with Crippen molar-refractivity contribution in [2.24, 2.45) is 0 Å². The van der Waals surface area contributed by atoms with E-state index in [9.17, 15) is 4.79 Å². The van der Waals surface area contributed by atoms with Crippen molar-refractivity contribution in [2.45, 2.75) is 26.2 Å². The number of nitrogens with zero attached hydrogens (tertiary/aromatic N) is 5. The van der Waals surface area contributed by atoms with E-state index in [1.54, 1.807) is 16.9 Å². The molecular formula is C18H19N5O2. The van der Waals surface area contributed by atoms with Crippen LogP contribution in [0.25, 0.3) is 0 Å². The van der Waals surface area contributed by atoms with E-state index in [4.69, 9.17) is 5.11 Å². The van der Waals surface area contributed by atoms with Crippen LogP contribution < -0.4 is 0 Å². The van der Waals surface area contributed by atoms with Gasteiger partial charge in [-0.3, -0.25) is 14.3 Å². The predicted molar refractivity (Wildman–Crippen MR) is 91.1 cm³/mol. The summed E-state index contributed by atoms with van der Waals surface area (Å²) in [6, 6.07) is 12.1. The first-order chi connectivity index (χ1) is 12.2. The molecule has 0 spiro atoms. The van der Waals surface area contributed by atoms with Crippen molar-refractivity contribution in [3.8, 4) is 0 Å². The Labute approximate surface area is 145 Å². The summed E-state index contributed by atoms with van der Waals surface area (Å²) in [4.78, 5) is 13.4. The molecule has 0 amide bonds. The molecule has 0 unspecified atom stereocenters. The summed E-state index contributed by atoms with van der Waals surface area (Å²) in [5.41, 5.74) is 3.54. The number of carboxylic acid groups (broad SMARTS) is 1. The highest BCUT2D eigenvalue weighted by Crippen LogP contribution is 2.17. The summed E-state index contributed by atoms with van der Waals surface area (Å²) in [6.45, 7) is 3.88. The normalized spacial score (nSPS) is 14.4. The molecule has 0 bridgehead atoms. The van der Waals surface area contributed by atoms with Gasteiger partial charge in [0, 0.05) is 32.0 Å². The maximum absolute atomic E-state index is 11.1. The van der Waals surface area contributed by atoms with Crippen molar-refractivity contribution in [2.75, 3.05) is 6.54 Å². The number of carbonyl (C=O) groups is 1. The lowest BCUT2D eigenvalue weighted by molar-refractivity contribution is 0.0689. The fraction of sp³-hybridized carbons (Fsp3) is 0.278. The molecule has 3 aromatic rings. The Kier molecular flexibility index (Phi) is 4.07. The van der Waals surface area contributed by atoms with E-state index in [-0.39, 0.29) is 5.69 Å². The average molecular weight is 337 g/mol. The van der Waals surface area contributed by atoms with Crippen LogP contribution in [-0.4, -0.2) is 42.1 Å². The summed E-state index contributed by atoms with van der Waals surface area (Å²) in [5.74, 6) is -0.972. The van der Waals surface area contributed by atoms with E-state index >= 15 is 0 Å². The predicted octanol–water partition coefficient (Wildman–Crippen LogP) is 1.84. The highest BCUT2D eigenvalue weighted by atomic mass is 16.4. The molecule has 4 rings (SSSR count). The molecule has 1 aliphatic rings. The third-order valence-electron chi connectivity index (χ3n) is 4.40. The lowest BCUT2D eigenvalue weighted by Gasteiger charge is -2.27. The molecule has 128 valence electrons. The minimum atomic E-state index is -0.972. The van der Waals surface area contributed by atoms with Gasteiger partial charge in [0.1, 0.15) is 0 Å². The van der Waals surface area contributed by atoms with Crippen LogP contribution in [0.15, 0.2) is 48.8 Å². The van der Waals surface area contributed by atoms with Crippen LogP contribution >= 0.6 is 0 Å². The Morgan fingerprint density at radius 3 is 2.72 bits per heavy atom. The second-order valence-electron chi connectivity index (χ2n) is 6.28. The summed E-state index contributed by atoms with van der Waals surface area (Å²) in [5, 5.41) is 17.5. The maximum Gasteiger partial charge on any atom is 0.356 e. The van der Waals surface area contributed by atoms with Gasteiger partial charge in [-0.25, -0.2) is 4.79 Å². The van der Waals surface area contributed by atoms with Gasteiger partial charge in [0.25, 0.3) is 0 Å². The van der Waals surface area contributed by atoms with Crippen LogP contribution in [-0.2, 0) is 26.2 Å². The topological polar surface area (TPSA) is 76.2 Å². The van der Waals surface area contributed by atoms with E-state index in [1.807, 2.05) is 16.9 Å². The number of aromatic carboxylic acids is 1. The number of aromatic nitrogens is 4. The zero-order chi connectivity index (χ0) is 17.2. The molecule has 0 saturated carbocycles. The van der Waals surface area contributed by atoms with Crippen molar-refractivity contribution in [1.82, 2.24) is 24.5 Å². The number of hydrogen-bond acceptors (Lipinski definition) is 4. The number of benzene rings is 1. The monoisotopic (exact) mass is 337 g/mol. The van der Waals surface area contributed by atoms with Crippen molar-refractivity contribution < 1.29 is 9.90 Å². The fourth-order valence-electron chi connectivity index (χ4n) is 3.23. The Balaban J connectivity index is 1.44. The molecule has 3 heterocycles. The summed E-state index contributed by atoms with van der Waals surface area (Å²) in [6.07, 6.45) is 3.74. The van der Waals surface area contributed by atoms with E-state index in [1.165, 1.54) is 11.1 Å². The molecule has 1 aromatic carbocycles. The molecule has 0 radical (unpaired) electrons. The highest BCUT2D eigenvalue weighted by molar-refractivity contribution is 5.85. The molecule has 0 aliphatic carbocycles. The van der Waals surface area contributed by atoms with Crippen LogP contribution in [0, 0.1) is 0 Å². The van der Waals surface area contributed by atoms with Crippen molar-refractivity contribution in [1.29, 1.82) is 0 Å². The third-order valence-corrected chi connectivity index (χ3v) is 4.40. The first kappa shape index (κ1) is 15.6. The zero-order valence-corrected chi connectivity index (χ0v) is 13.7. The van der Waals surface area contributed by atoms with E-state index in [0.29, 0.717) is 6.54 Å². The van der Waals surface area contributed by atoms with Gasteiger partial charge in [-0.15, -0.1) is 0 Å². The molecule has 2 aromatic heterocycles. The summed E-state index contributed by atoms with van der Waals surface area (Å²) < 4.78 is 3.71. The first-order valence-corrected chi connectivity index (χ1v) is 8.25. The number of hydrogen-bond donors (Lipinski definition) is 1. The number of carboxylic acids is 1. The van der Waals surface area contributed by atoms with Crippen LogP contribution in [0.4, 0.5) is 0 Å². The Bertz CT molecular complexity index is 885. The molecule has 1 N–H and O–H groups in total. The average Bonchev–Trinajstić information content (AvgIpc) is 3.24. The second-order valence-corrected chi connectivity index (χ2v) is 6.28. The fourth-order valence-corrected chi connectivity index (χ4v) is 3.23. The van der Waals surface area contributed by atoms with E-state index in [0.717, 1.165) is 31.9 Å². The molecule has 25 heavy (non-hydrogen) atoms. The summed E-state index contributed by atoms with van der Waals surface area (Å²) >= 11 is 0. The van der Waals surface area contributed by atoms with Crippen molar-refractivity contribution >= 4 is 5.97 Å². The van der Waals surface area contributed by atoms with Crippen LogP contribution in [0.3, 0.4) is 0 Å². The minimum Gasteiger partial charge on any atom is -0.476 e. The van der Waals surface area contributed by atoms with Crippen molar-refractivity contribution in [3.63, 3.8) is 0 Å². The van der Waals surface area contributed by atoms with Gasteiger partial charge >= 0.3 is 5.97 Å². The molecule has 0 saturated heterocycles. The van der Waals surface area contributed by atoms with Gasteiger partial charge < -0.3 is 5.11 Å². The first-order valence-electron chi connectivity index (χ1n) is 8.25.